The zero-order valence-corrected chi connectivity index (χ0v) is 14.8. The van der Waals surface area contributed by atoms with Crippen molar-refractivity contribution < 1.29 is 0 Å². The average Bonchev–Trinajstić information content (AvgIpc) is 3.35. The molecule has 1 N–H and O–H groups in total. The van der Waals surface area contributed by atoms with Gasteiger partial charge in [0.15, 0.2) is 0 Å². The van der Waals surface area contributed by atoms with Crippen LogP contribution in [0.15, 0.2) is 41.4 Å². The van der Waals surface area contributed by atoms with Gasteiger partial charge in [0.05, 0.1) is 22.5 Å². The summed E-state index contributed by atoms with van der Waals surface area (Å²) in [6.07, 6.45) is 5.23. The zero-order chi connectivity index (χ0) is 15.9. The SMILES string of the molecule is c1csc(-c2nc(-c3cncc(N4CC5CNC(C5)C4)c3)cs2)c1. The molecule has 2 unspecified atom stereocenters. The number of nitrogens with one attached hydrogen (secondary N) is 1. The fourth-order valence-corrected chi connectivity index (χ4v) is 5.35. The highest BCUT2D eigenvalue weighted by atomic mass is 32.1. The van der Waals surface area contributed by atoms with Crippen LogP contribution < -0.4 is 10.2 Å². The van der Waals surface area contributed by atoms with Gasteiger partial charge in [-0.2, -0.15) is 0 Å². The summed E-state index contributed by atoms with van der Waals surface area (Å²) in [6, 6.07) is 7.07. The lowest BCUT2D eigenvalue weighted by atomic mass is 9.99. The van der Waals surface area contributed by atoms with E-state index >= 15 is 0 Å². The van der Waals surface area contributed by atoms with Crippen molar-refractivity contribution in [2.45, 2.75) is 12.5 Å². The molecule has 6 heteroatoms. The second-order valence-corrected chi connectivity index (χ2v) is 8.36. The number of aromatic nitrogens is 2. The van der Waals surface area contributed by atoms with Gasteiger partial charge < -0.3 is 10.2 Å². The van der Waals surface area contributed by atoms with Gasteiger partial charge in [-0.15, -0.1) is 22.7 Å². The fourth-order valence-electron chi connectivity index (χ4n) is 3.70. The standard InChI is InChI=1S/C18H18N4S2/c1-2-17(23-3-1)18-21-16(11-24-18)13-5-15(8-19-7-13)22-9-12-4-14(10-22)20-6-12/h1-3,5,7-8,11-12,14,20H,4,6,9-10H2. The summed E-state index contributed by atoms with van der Waals surface area (Å²) in [5, 5.41) is 8.93. The van der Waals surface area contributed by atoms with E-state index in [-0.39, 0.29) is 0 Å². The van der Waals surface area contributed by atoms with Gasteiger partial charge in [0.1, 0.15) is 5.01 Å². The van der Waals surface area contributed by atoms with Gasteiger partial charge >= 0.3 is 0 Å². The lowest BCUT2D eigenvalue weighted by Crippen LogP contribution is -2.41. The van der Waals surface area contributed by atoms with Gasteiger partial charge in [0, 0.05) is 42.8 Å². The summed E-state index contributed by atoms with van der Waals surface area (Å²) >= 11 is 3.44. The first-order valence-electron chi connectivity index (χ1n) is 8.28. The Bertz CT molecular complexity index is 830. The molecule has 2 aliphatic heterocycles. The van der Waals surface area contributed by atoms with Crippen molar-refractivity contribution in [2.75, 3.05) is 24.5 Å². The van der Waals surface area contributed by atoms with E-state index in [2.05, 4.69) is 44.2 Å². The molecular weight excluding hydrogens is 336 g/mol. The number of fused-ring (bicyclic) bond motifs is 2. The van der Waals surface area contributed by atoms with Crippen LogP contribution in [-0.2, 0) is 0 Å². The number of piperidine rings is 1. The zero-order valence-electron chi connectivity index (χ0n) is 13.2. The van der Waals surface area contributed by atoms with Gasteiger partial charge in [-0.3, -0.25) is 4.98 Å². The molecule has 0 radical (unpaired) electrons. The van der Waals surface area contributed by atoms with Gasteiger partial charge in [0.2, 0.25) is 0 Å². The molecule has 2 fully saturated rings. The predicted molar refractivity (Wildman–Crippen MR) is 101 cm³/mol. The quantitative estimate of drug-likeness (QED) is 0.778. The Balaban J connectivity index is 1.43. The van der Waals surface area contributed by atoms with Crippen molar-refractivity contribution in [3.63, 3.8) is 0 Å². The van der Waals surface area contributed by atoms with Crippen molar-refractivity contribution in [2.24, 2.45) is 5.92 Å². The highest BCUT2D eigenvalue weighted by Gasteiger charge is 2.32. The minimum Gasteiger partial charge on any atom is -0.368 e. The summed E-state index contributed by atoms with van der Waals surface area (Å²) in [4.78, 5) is 13.0. The molecule has 0 amide bonds. The van der Waals surface area contributed by atoms with Crippen LogP contribution in [0.1, 0.15) is 6.42 Å². The fraction of sp³-hybridized carbons (Fsp3) is 0.333. The number of nitrogens with zero attached hydrogens (tertiary/aromatic N) is 3. The first kappa shape index (κ1) is 14.6. The van der Waals surface area contributed by atoms with Crippen LogP contribution in [0.4, 0.5) is 5.69 Å². The molecule has 2 atom stereocenters. The van der Waals surface area contributed by atoms with Crippen molar-refractivity contribution in [3.8, 4) is 21.1 Å². The lowest BCUT2D eigenvalue weighted by molar-refractivity contribution is 0.474. The average molecular weight is 355 g/mol. The normalized spacial score (nSPS) is 22.9. The maximum Gasteiger partial charge on any atom is 0.134 e. The summed E-state index contributed by atoms with van der Waals surface area (Å²) in [6.45, 7) is 3.37. The summed E-state index contributed by atoms with van der Waals surface area (Å²) in [5.74, 6) is 0.775. The Hall–Kier alpha value is -1.76. The maximum absolute atomic E-state index is 4.81. The van der Waals surface area contributed by atoms with Crippen molar-refractivity contribution in [1.29, 1.82) is 0 Å². The molecule has 2 saturated heterocycles. The third-order valence-electron chi connectivity index (χ3n) is 4.85. The third-order valence-corrected chi connectivity index (χ3v) is 6.73. The number of hydrogen-bond acceptors (Lipinski definition) is 6. The first-order valence-corrected chi connectivity index (χ1v) is 10.0. The van der Waals surface area contributed by atoms with Crippen LogP contribution in [0.5, 0.6) is 0 Å². The molecule has 122 valence electrons. The van der Waals surface area contributed by atoms with Crippen LogP contribution >= 0.6 is 22.7 Å². The van der Waals surface area contributed by atoms with Crippen LogP contribution in [0.25, 0.3) is 21.1 Å². The van der Waals surface area contributed by atoms with E-state index in [1.54, 1.807) is 22.7 Å². The number of rotatable bonds is 3. The predicted octanol–water partition coefficient (Wildman–Crippen LogP) is 3.73. The van der Waals surface area contributed by atoms with Gasteiger partial charge in [-0.05, 0) is 29.9 Å². The Morgan fingerprint density at radius 3 is 3.08 bits per heavy atom. The number of hydrogen-bond donors (Lipinski definition) is 1. The third kappa shape index (κ3) is 2.64. The minimum atomic E-state index is 0.636. The molecule has 2 aliphatic rings. The van der Waals surface area contributed by atoms with Crippen molar-refractivity contribution in [1.82, 2.24) is 15.3 Å². The van der Waals surface area contributed by atoms with E-state index in [4.69, 9.17) is 4.98 Å². The Labute approximate surface area is 149 Å². The van der Waals surface area contributed by atoms with E-state index in [0.717, 1.165) is 41.8 Å². The lowest BCUT2D eigenvalue weighted by Gasteiger charge is -2.32. The molecule has 5 rings (SSSR count). The highest BCUT2D eigenvalue weighted by molar-refractivity contribution is 7.20. The highest BCUT2D eigenvalue weighted by Crippen LogP contribution is 2.33. The van der Waals surface area contributed by atoms with Crippen molar-refractivity contribution >= 4 is 28.4 Å². The van der Waals surface area contributed by atoms with Crippen LogP contribution in [0, 0.1) is 5.92 Å². The van der Waals surface area contributed by atoms with E-state index in [0.29, 0.717) is 6.04 Å². The molecule has 24 heavy (non-hydrogen) atoms. The van der Waals surface area contributed by atoms with Gasteiger partial charge in [0.25, 0.3) is 0 Å². The van der Waals surface area contributed by atoms with Gasteiger partial charge in [-0.1, -0.05) is 6.07 Å². The molecule has 5 heterocycles. The number of anilines is 1. The second kappa shape index (κ2) is 5.95. The topological polar surface area (TPSA) is 41.1 Å². The van der Waals surface area contributed by atoms with Crippen LogP contribution in [0.2, 0.25) is 0 Å². The Morgan fingerprint density at radius 2 is 2.21 bits per heavy atom. The Morgan fingerprint density at radius 1 is 1.21 bits per heavy atom. The Kier molecular flexibility index (Phi) is 3.61. The van der Waals surface area contributed by atoms with E-state index in [1.165, 1.54) is 17.0 Å². The number of thiazole rings is 1. The molecule has 0 spiro atoms. The maximum atomic E-state index is 4.81. The largest absolute Gasteiger partial charge is 0.368 e. The number of thiophene rings is 1. The van der Waals surface area contributed by atoms with Crippen LogP contribution in [-0.4, -0.2) is 35.6 Å². The molecule has 0 aromatic carbocycles. The minimum absolute atomic E-state index is 0.636. The molecule has 3 aromatic rings. The van der Waals surface area contributed by atoms with E-state index < -0.39 is 0 Å². The van der Waals surface area contributed by atoms with E-state index in [1.807, 2.05) is 12.4 Å². The molecule has 4 nitrogen and oxygen atoms in total. The van der Waals surface area contributed by atoms with Crippen LogP contribution in [0.3, 0.4) is 0 Å². The monoisotopic (exact) mass is 354 g/mol. The second-order valence-electron chi connectivity index (χ2n) is 6.56. The molecular formula is C18H18N4S2. The first-order chi connectivity index (χ1) is 11.8. The molecule has 3 aromatic heterocycles. The molecule has 2 bridgehead atoms. The van der Waals surface area contributed by atoms with Crippen molar-refractivity contribution in [3.05, 3.63) is 41.4 Å². The molecule has 0 saturated carbocycles. The summed E-state index contributed by atoms with van der Waals surface area (Å²) in [5.41, 5.74) is 3.35. The molecule has 0 aliphatic carbocycles. The number of pyridine rings is 1. The van der Waals surface area contributed by atoms with Gasteiger partial charge in [-0.25, -0.2) is 4.98 Å². The summed E-state index contributed by atoms with van der Waals surface area (Å²) in [7, 11) is 0. The van der Waals surface area contributed by atoms with E-state index in [9.17, 15) is 0 Å². The smallest absolute Gasteiger partial charge is 0.134 e. The summed E-state index contributed by atoms with van der Waals surface area (Å²) < 4.78 is 0.